The number of unbranched alkanes of at least 4 members (excludes halogenated alkanes) is 1. The number of aromatic nitrogens is 2. The number of imidazole rings is 1. The first-order chi connectivity index (χ1) is 20.6. The van der Waals surface area contributed by atoms with Gasteiger partial charge in [-0.2, -0.15) is 0 Å². The Balaban J connectivity index is 1.22. The third kappa shape index (κ3) is 10.1. The second-order valence-electron chi connectivity index (χ2n) is 11.0. The van der Waals surface area contributed by atoms with Crippen molar-refractivity contribution >= 4 is 46.4 Å². The Kier molecular flexibility index (Phi) is 10.8. The number of aromatic amines is 1. The zero-order chi connectivity index (χ0) is 30.8. The molecule has 1 atom stereocenters. The summed E-state index contributed by atoms with van der Waals surface area (Å²) in [6.45, 7) is 5.90. The molecule has 0 fully saturated rings. The molecule has 3 aromatic carbocycles. The summed E-state index contributed by atoms with van der Waals surface area (Å²) in [5.41, 5.74) is 2.07. The van der Waals surface area contributed by atoms with Gasteiger partial charge in [0.05, 0.1) is 22.8 Å². The highest BCUT2D eigenvalue weighted by Gasteiger charge is 2.20. The van der Waals surface area contributed by atoms with Crippen LogP contribution in [0.5, 0.6) is 0 Å². The van der Waals surface area contributed by atoms with Crippen LogP contribution in [0.25, 0.3) is 11.0 Å². The van der Waals surface area contributed by atoms with E-state index in [9.17, 15) is 18.8 Å². The predicted molar refractivity (Wildman–Crippen MR) is 167 cm³/mol. The first-order valence-electron chi connectivity index (χ1n) is 14.1. The Morgan fingerprint density at radius 3 is 2.40 bits per heavy atom. The number of hydrogen-bond donors (Lipinski definition) is 4. The average molecular weight is 606 g/mol. The highest BCUT2D eigenvalue weighted by atomic mass is 32.2. The van der Waals surface area contributed by atoms with Crippen molar-refractivity contribution in [3.05, 3.63) is 90.0 Å². The molecule has 4 rings (SSSR count). The maximum Gasteiger partial charge on any atom is 0.412 e. The highest BCUT2D eigenvalue weighted by Crippen LogP contribution is 2.22. The molecule has 0 aliphatic rings. The van der Waals surface area contributed by atoms with E-state index in [4.69, 9.17) is 4.74 Å². The van der Waals surface area contributed by atoms with E-state index in [2.05, 4.69) is 25.9 Å². The van der Waals surface area contributed by atoms with Gasteiger partial charge in [0.1, 0.15) is 17.2 Å². The quantitative estimate of drug-likeness (QED) is 0.107. The van der Waals surface area contributed by atoms with Crippen LogP contribution in [0.3, 0.4) is 0 Å². The SMILES string of the molecule is CC(C)(C)OC(=O)Nc1ccc(SCC(=O)NCCCC[C@H](NC(=O)c2ccc(F)cc2)c2nc3ccccc3[nH]2)cc1. The van der Waals surface area contributed by atoms with Crippen LogP contribution in [0.4, 0.5) is 14.9 Å². The lowest BCUT2D eigenvalue weighted by Gasteiger charge is -2.19. The Hall–Kier alpha value is -4.38. The van der Waals surface area contributed by atoms with Gasteiger partial charge in [0.15, 0.2) is 0 Å². The van der Waals surface area contributed by atoms with Crippen LogP contribution in [0.1, 0.15) is 62.3 Å². The van der Waals surface area contributed by atoms with Gasteiger partial charge in [-0.1, -0.05) is 12.1 Å². The van der Waals surface area contributed by atoms with E-state index in [0.717, 1.165) is 22.3 Å². The molecule has 0 saturated heterocycles. The lowest BCUT2D eigenvalue weighted by Crippen LogP contribution is -2.30. The fraction of sp³-hybridized carbons (Fsp3) is 0.312. The monoisotopic (exact) mass is 605 g/mol. The molecule has 4 aromatic rings. The fourth-order valence-corrected chi connectivity index (χ4v) is 4.94. The summed E-state index contributed by atoms with van der Waals surface area (Å²) in [7, 11) is 0. The van der Waals surface area contributed by atoms with Crippen molar-refractivity contribution < 1.29 is 23.5 Å². The largest absolute Gasteiger partial charge is 0.444 e. The van der Waals surface area contributed by atoms with Gasteiger partial charge in [-0.25, -0.2) is 14.2 Å². The minimum atomic E-state index is -0.579. The number of rotatable bonds is 12. The molecule has 0 aliphatic carbocycles. The van der Waals surface area contributed by atoms with Crippen molar-refractivity contribution in [2.75, 3.05) is 17.6 Å². The lowest BCUT2D eigenvalue weighted by atomic mass is 10.1. The van der Waals surface area contributed by atoms with Crippen LogP contribution in [0, 0.1) is 5.82 Å². The minimum Gasteiger partial charge on any atom is -0.444 e. The number of benzene rings is 3. The molecule has 0 saturated carbocycles. The molecule has 0 spiro atoms. The maximum atomic E-state index is 13.3. The van der Waals surface area contributed by atoms with Crippen molar-refractivity contribution in [2.45, 2.75) is 56.6 Å². The lowest BCUT2D eigenvalue weighted by molar-refractivity contribution is -0.118. The van der Waals surface area contributed by atoms with Gasteiger partial charge >= 0.3 is 6.09 Å². The van der Waals surface area contributed by atoms with Gasteiger partial charge in [0.25, 0.3) is 5.91 Å². The van der Waals surface area contributed by atoms with Gasteiger partial charge in [0.2, 0.25) is 5.91 Å². The summed E-state index contributed by atoms with van der Waals surface area (Å²) in [6, 6.07) is 19.9. The van der Waals surface area contributed by atoms with Crippen LogP contribution >= 0.6 is 11.8 Å². The van der Waals surface area contributed by atoms with Crippen LogP contribution in [0.15, 0.2) is 77.7 Å². The third-order valence-corrected chi connectivity index (χ3v) is 7.27. The van der Waals surface area contributed by atoms with E-state index in [1.807, 2.05) is 36.4 Å². The Morgan fingerprint density at radius 2 is 1.70 bits per heavy atom. The summed E-state index contributed by atoms with van der Waals surface area (Å²) < 4.78 is 18.6. The van der Waals surface area contributed by atoms with E-state index in [0.29, 0.717) is 36.5 Å². The van der Waals surface area contributed by atoms with E-state index in [1.54, 1.807) is 32.9 Å². The first-order valence-corrected chi connectivity index (χ1v) is 15.0. The van der Waals surface area contributed by atoms with Gasteiger partial charge in [0, 0.05) is 22.7 Å². The summed E-state index contributed by atoms with van der Waals surface area (Å²) in [5.74, 6) is 0.0957. The zero-order valence-electron chi connectivity index (χ0n) is 24.4. The number of nitrogens with zero attached hydrogens (tertiary/aromatic N) is 1. The molecule has 9 nitrogen and oxygen atoms in total. The number of para-hydroxylation sites is 2. The summed E-state index contributed by atoms with van der Waals surface area (Å²) in [6.07, 6.45) is 1.52. The van der Waals surface area contributed by atoms with Gasteiger partial charge < -0.3 is 20.4 Å². The highest BCUT2D eigenvalue weighted by molar-refractivity contribution is 8.00. The molecule has 43 heavy (non-hydrogen) atoms. The standard InChI is InChI=1S/C32H36FN5O4S/c1-32(2,3)42-31(41)35-23-15-17-24(18-16-23)43-20-28(39)34-19-7-6-10-27(29-36-25-8-4-5-9-26(25)37-29)38-30(40)21-11-13-22(33)14-12-21/h4-5,8-9,11-18,27H,6-7,10,19-20H2,1-3H3,(H,34,39)(H,35,41)(H,36,37)(H,38,40)/t27-/m0/s1. The molecule has 226 valence electrons. The van der Waals surface area contributed by atoms with E-state index in [1.165, 1.54) is 36.0 Å². The second kappa shape index (κ2) is 14.7. The van der Waals surface area contributed by atoms with Crippen molar-refractivity contribution in [2.24, 2.45) is 0 Å². The molecular weight excluding hydrogens is 569 g/mol. The maximum absolute atomic E-state index is 13.3. The molecule has 0 radical (unpaired) electrons. The Morgan fingerprint density at radius 1 is 0.977 bits per heavy atom. The number of hydrogen-bond acceptors (Lipinski definition) is 6. The minimum absolute atomic E-state index is 0.0839. The van der Waals surface area contributed by atoms with Crippen molar-refractivity contribution in [3.63, 3.8) is 0 Å². The van der Waals surface area contributed by atoms with E-state index >= 15 is 0 Å². The van der Waals surface area contributed by atoms with E-state index < -0.39 is 17.5 Å². The van der Waals surface area contributed by atoms with Crippen LogP contribution in [0.2, 0.25) is 0 Å². The van der Waals surface area contributed by atoms with Gasteiger partial charge in [-0.15, -0.1) is 11.8 Å². The molecule has 0 bridgehead atoms. The molecule has 1 aromatic heterocycles. The average Bonchev–Trinajstić information content (AvgIpc) is 3.39. The number of fused-ring (bicyclic) bond motifs is 1. The molecule has 3 amide bonds. The molecule has 0 aliphatic heterocycles. The Labute approximate surface area is 254 Å². The molecular formula is C32H36FN5O4S. The summed E-state index contributed by atoms with van der Waals surface area (Å²) in [4.78, 5) is 46.0. The number of ether oxygens (including phenoxy) is 1. The predicted octanol–water partition coefficient (Wildman–Crippen LogP) is 6.60. The molecule has 1 heterocycles. The van der Waals surface area contributed by atoms with Gasteiger partial charge in [-0.05, 0) is 101 Å². The van der Waals surface area contributed by atoms with Crippen LogP contribution in [-0.4, -0.2) is 45.8 Å². The van der Waals surface area contributed by atoms with Crippen molar-refractivity contribution in [1.82, 2.24) is 20.6 Å². The van der Waals surface area contributed by atoms with Crippen molar-refractivity contribution in [3.8, 4) is 0 Å². The second-order valence-corrected chi connectivity index (χ2v) is 12.0. The number of amides is 3. The number of halogens is 1. The van der Waals surface area contributed by atoms with Crippen LogP contribution < -0.4 is 16.0 Å². The number of anilines is 1. The molecule has 0 unspecified atom stereocenters. The number of carbonyl (C=O) groups is 3. The number of nitrogens with one attached hydrogen (secondary N) is 4. The normalized spacial score (nSPS) is 12.0. The number of thioether (sulfide) groups is 1. The third-order valence-electron chi connectivity index (χ3n) is 6.26. The van der Waals surface area contributed by atoms with Gasteiger partial charge in [-0.3, -0.25) is 14.9 Å². The van der Waals surface area contributed by atoms with Crippen LogP contribution in [-0.2, 0) is 9.53 Å². The zero-order valence-corrected chi connectivity index (χ0v) is 25.2. The summed E-state index contributed by atoms with van der Waals surface area (Å²) >= 11 is 1.40. The number of H-pyrrole nitrogens is 1. The Bertz CT molecular complexity index is 1500. The molecule has 4 N–H and O–H groups in total. The smallest absolute Gasteiger partial charge is 0.412 e. The topological polar surface area (TPSA) is 125 Å². The van der Waals surface area contributed by atoms with E-state index in [-0.39, 0.29) is 23.6 Å². The fourth-order valence-electron chi connectivity index (χ4n) is 4.21. The van der Waals surface area contributed by atoms with Crippen molar-refractivity contribution in [1.29, 1.82) is 0 Å². The number of carbonyl (C=O) groups excluding carboxylic acids is 3. The molecule has 11 heteroatoms. The summed E-state index contributed by atoms with van der Waals surface area (Å²) in [5, 5.41) is 8.64. The first kappa shape index (κ1) is 31.6.